The maximum Gasteiger partial charge on any atom is 0.118 e. The molecule has 0 radical (unpaired) electrons. The number of imidazole rings is 1. The molecule has 100 valence electrons. The summed E-state index contributed by atoms with van der Waals surface area (Å²) in [5.74, 6) is 13.5. The molecule has 18 heavy (non-hydrogen) atoms. The maximum atomic E-state index is 5.87. The average Bonchev–Trinajstić information content (AvgIpc) is 2.68. The van der Waals surface area contributed by atoms with Gasteiger partial charge in [0.25, 0.3) is 0 Å². The highest BCUT2D eigenvalue weighted by Gasteiger charge is 2.15. The van der Waals surface area contributed by atoms with E-state index >= 15 is 0 Å². The van der Waals surface area contributed by atoms with E-state index in [2.05, 4.69) is 27.7 Å². The Morgan fingerprint density at radius 3 is 2.83 bits per heavy atom. The number of rotatable bonds is 4. The van der Waals surface area contributed by atoms with Gasteiger partial charge in [-0.1, -0.05) is 6.92 Å². The summed E-state index contributed by atoms with van der Waals surface area (Å²) < 4.78 is 2.17. The van der Waals surface area contributed by atoms with Gasteiger partial charge in [0, 0.05) is 25.6 Å². The first-order valence-electron chi connectivity index (χ1n) is 6.18. The minimum atomic E-state index is 0.507. The highest BCUT2D eigenvalue weighted by atomic mass is 15.6. The van der Waals surface area contributed by atoms with Crippen LogP contribution in [0.3, 0.4) is 0 Å². The summed E-state index contributed by atoms with van der Waals surface area (Å²) in [7, 11) is 0. The highest BCUT2D eigenvalue weighted by Crippen LogP contribution is 2.07. The Morgan fingerprint density at radius 2 is 2.17 bits per heavy atom. The van der Waals surface area contributed by atoms with Crippen molar-refractivity contribution >= 4 is 5.84 Å². The molecule has 0 atom stereocenters. The molecule has 0 fully saturated rings. The van der Waals surface area contributed by atoms with Crippen LogP contribution in [0.25, 0.3) is 0 Å². The van der Waals surface area contributed by atoms with Gasteiger partial charge in [0.2, 0.25) is 0 Å². The van der Waals surface area contributed by atoms with Gasteiger partial charge in [-0.25, -0.2) is 15.8 Å². The molecule has 0 spiro atoms. The van der Waals surface area contributed by atoms with Gasteiger partial charge >= 0.3 is 0 Å². The van der Waals surface area contributed by atoms with Gasteiger partial charge in [0.1, 0.15) is 25.0 Å². The molecule has 1 aromatic heterocycles. The largest absolute Gasteiger partial charge is 0.334 e. The Hall–Kier alpha value is -1.44. The lowest BCUT2D eigenvalue weighted by atomic mass is 10.3. The van der Waals surface area contributed by atoms with E-state index in [1.54, 1.807) is 10.0 Å². The number of amidine groups is 1. The SMILES string of the molecule is CCc1nc(C)cn1CCC1=NCN(N)CN1N. The van der Waals surface area contributed by atoms with Crippen LogP contribution in [-0.2, 0) is 13.0 Å². The second-order valence-electron chi connectivity index (χ2n) is 4.51. The van der Waals surface area contributed by atoms with Crippen LogP contribution in [0, 0.1) is 6.92 Å². The van der Waals surface area contributed by atoms with Crippen molar-refractivity contribution in [1.29, 1.82) is 0 Å². The lowest BCUT2D eigenvalue weighted by Crippen LogP contribution is -2.52. The van der Waals surface area contributed by atoms with Gasteiger partial charge in [0.15, 0.2) is 0 Å². The summed E-state index contributed by atoms with van der Waals surface area (Å²) >= 11 is 0. The van der Waals surface area contributed by atoms with Gasteiger partial charge in [-0.2, -0.15) is 0 Å². The van der Waals surface area contributed by atoms with Crippen LogP contribution in [0.5, 0.6) is 0 Å². The Bertz CT molecular complexity index is 437. The molecule has 0 saturated carbocycles. The van der Waals surface area contributed by atoms with Crippen LogP contribution in [-0.4, -0.2) is 38.7 Å². The summed E-state index contributed by atoms with van der Waals surface area (Å²) in [6, 6.07) is 0. The van der Waals surface area contributed by atoms with Crippen LogP contribution in [0.4, 0.5) is 0 Å². The second kappa shape index (κ2) is 5.47. The van der Waals surface area contributed by atoms with Crippen molar-refractivity contribution < 1.29 is 0 Å². The molecule has 1 aliphatic rings. The van der Waals surface area contributed by atoms with E-state index in [4.69, 9.17) is 11.7 Å². The zero-order valence-electron chi connectivity index (χ0n) is 11.0. The van der Waals surface area contributed by atoms with Crippen molar-refractivity contribution in [3.8, 4) is 0 Å². The van der Waals surface area contributed by atoms with Crippen LogP contribution in [0.15, 0.2) is 11.2 Å². The highest BCUT2D eigenvalue weighted by molar-refractivity contribution is 5.82. The number of nitrogens with two attached hydrogens (primary N) is 2. The zero-order chi connectivity index (χ0) is 13.1. The molecule has 0 saturated heterocycles. The van der Waals surface area contributed by atoms with Crippen molar-refractivity contribution in [2.45, 2.75) is 33.2 Å². The third-order valence-corrected chi connectivity index (χ3v) is 2.97. The van der Waals surface area contributed by atoms with Gasteiger partial charge in [-0.05, 0) is 6.92 Å². The van der Waals surface area contributed by atoms with Crippen molar-refractivity contribution in [2.75, 3.05) is 13.3 Å². The molecule has 2 rings (SSSR count). The number of hydrazine groups is 2. The predicted octanol–water partition coefficient (Wildman–Crippen LogP) is -0.177. The Labute approximate surface area is 107 Å². The Balaban J connectivity index is 1.99. The van der Waals surface area contributed by atoms with Crippen molar-refractivity contribution in [3.05, 3.63) is 17.7 Å². The minimum Gasteiger partial charge on any atom is -0.334 e. The first kappa shape index (κ1) is 13.0. The molecule has 0 unspecified atom stereocenters. The van der Waals surface area contributed by atoms with Crippen molar-refractivity contribution in [3.63, 3.8) is 0 Å². The molecule has 7 heteroatoms. The van der Waals surface area contributed by atoms with Crippen LogP contribution in [0.2, 0.25) is 0 Å². The third kappa shape index (κ3) is 2.87. The molecular weight excluding hydrogens is 230 g/mol. The fourth-order valence-corrected chi connectivity index (χ4v) is 2.10. The average molecular weight is 251 g/mol. The lowest BCUT2D eigenvalue weighted by Gasteiger charge is -2.30. The topological polar surface area (TPSA) is 88.7 Å². The normalized spacial score (nSPS) is 17.1. The number of hydrogen-bond acceptors (Lipinski definition) is 6. The van der Waals surface area contributed by atoms with Crippen molar-refractivity contribution in [1.82, 2.24) is 19.6 Å². The van der Waals surface area contributed by atoms with Gasteiger partial charge < -0.3 is 4.57 Å². The molecule has 1 aliphatic heterocycles. The van der Waals surface area contributed by atoms with E-state index in [1.165, 1.54) is 0 Å². The molecule has 2 heterocycles. The van der Waals surface area contributed by atoms with Gasteiger partial charge in [-0.3, -0.25) is 15.8 Å². The summed E-state index contributed by atoms with van der Waals surface area (Å²) in [4.78, 5) is 8.83. The lowest BCUT2D eigenvalue weighted by molar-refractivity contribution is 0.173. The quantitative estimate of drug-likeness (QED) is 0.725. The molecule has 0 aromatic carbocycles. The van der Waals surface area contributed by atoms with E-state index in [0.717, 1.165) is 36.7 Å². The second-order valence-corrected chi connectivity index (χ2v) is 4.51. The minimum absolute atomic E-state index is 0.507. The van der Waals surface area contributed by atoms with E-state index in [0.29, 0.717) is 13.3 Å². The fraction of sp³-hybridized carbons (Fsp3) is 0.636. The zero-order valence-corrected chi connectivity index (χ0v) is 11.0. The van der Waals surface area contributed by atoms with Crippen LogP contribution < -0.4 is 11.7 Å². The Morgan fingerprint density at radius 1 is 1.39 bits per heavy atom. The predicted molar refractivity (Wildman–Crippen MR) is 70.2 cm³/mol. The summed E-state index contributed by atoms with van der Waals surface area (Å²) in [5.41, 5.74) is 1.05. The smallest absolute Gasteiger partial charge is 0.118 e. The number of aliphatic imine (C=N–C) groups is 1. The van der Waals surface area contributed by atoms with Crippen LogP contribution in [0.1, 0.15) is 24.9 Å². The first-order chi connectivity index (χ1) is 8.60. The molecular formula is C11H21N7. The van der Waals surface area contributed by atoms with Crippen molar-refractivity contribution in [2.24, 2.45) is 16.7 Å². The van der Waals surface area contributed by atoms with E-state index < -0.39 is 0 Å². The third-order valence-electron chi connectivity index (χ3n) is 2.97. The molecule has 4 N–H and O–H groups in total. The summed E-state index contributed by atoms with van der Waals surface area (Å²) in [5, 5.41) is 3.17. The van der Waals surface area contributed by atoms with E-state index in [1.807, 2.05) is 6.92 Å². The molecule has 7 nitrogen and oxygen atoms in total. The van der Waals surface area contributed by atoms with Gasteiger partial charge in [0.05, 0.1) is 5.69 Å². The first-order valence-corrected chi connectivity index (χ1v) is 6.18. The maximum absolute atomic E-state index is 5.87. The molecule has 1 aromatic rings. The van der Waals surface area contributed by atoms with E-state index in [-0.39, 0.29) is 0 Å². The standard InChI is InChI=1S/C11H21N7/c1-3-10-15-9(2)6-16(10)5-4-11-14-7-17(12)8-18(11)13/h6H,3-5,7-8,12-13H2,1-2H3. The number of aryl methyl sites for hydroxylation is 3. The van der Waals surface area contributed by atoms with E-state index in [9.17, 15) is 0 Å². The number of hydrogen-bond donors (Lipinski definition) is 2. The Kier molecular flexibility index (Phi) is 3.95. The summed E-state index contributed by atoms with van der Waals surface area (Å²) in [6.07, 6.45) is 3.80. The number of aromatic nitrogens is 2. The van der Waals surface area contributed by atoms with Crippen LogP contribution >= 0.6 is 0 Å². The molecule has 0 amide bonds. The summed E-state index contributed by atoms with van der Waals surface area (Å²) in [6.45, 7) is 5.99. The number of nitrogens with zero attached hydrogens (tertiary/aromatic N) is 5. The monoisotopic (exact) mass is 251 g/mol. The van der Waals surface area contributed by atoms with Gasteiger partial charge in [-0.15, -0.1) is 0 Å². The fourth-order valence-electron chi connectivity index (χ4n) is 2.10. The molecule has 0 bridgehead atoms. The molecule has 0 aliphatic carbocycles.